The van der Waals surface area contributed by atoms with Gasteiger partial charge in [0.25, 0.3) is 0 Å². The summed E-state index contributed by atoms with van der Waals surface area (Å²) < 4.78 is 0. The van der Waals surface area contributed by atoms with Crippen LogP contribution in [0, 0.1) is 11.8 Å². The van der Waals surface area contributed by atoms with Gasteiger partial charge in [-0.25, -0.2) is 4.98 Å². The van der Waals surface area contributed by atoms with E-state index in [1.165, 1.54) is 38.4 Å². The summed E-state index contributed by atoms with van der Waals surface area (Å²) in [4.78, 5) is 252. The number of carbonyl (C=O) groups excluding carboxylic acids is 16. The van der Waals surface area contributed by atoms with Crippen LogP contribution in [0.4, 0.5) is 0 Å². The van der Waals surface area contributed by atoms with Crippen molar-refractivity contribution in [3.63, 3.8) is 0 Å². The number of primary amides is 2. The number of H-pyrrole nitrogens is 3. The Balaban J connectivity index is 1.16. The first-order valence-electron chi connectivity index (χ1n) is 43.2. The van der Waals surface area contributed by atoms with Gasteiger partial charge in [0.05, 0.1) is 44.2 Å². The first-order valence-corrected chi connectivity index (χ1v) is 44.3. The number of aliphatic hydroxyl groups excluding tert-OH is 1. The number of hydrogen-bond acceptors (Lipinski definition) is 20. The molecule has 127 heavy (non-hydrogen) atoms. The van der Waals surface area contributed by atoms with E-state index < -0.39 is 211 Å². The lowest BCUT2D eigenvalue weighted by Gasteiger charge is -2.37. The van der Waals surface area contributed by atoms with E-state index in [4.69, 9.17) is 11.5 Å². The van der Waals surface area contributed by atoms with E-state index in [1.807, 2.05) is 38.1 Å². The number of unbranched alkanes of at least 4 members (excludes halogenated alkanes) is 2. The summed E-state index contributed by atoms with van der Waals surface area (Å²) in [5, 5.41) is 39.6. The Morgan fingerprint density at radius 2 is 1.13 bits per heavy atom. The maximum Gasteiger partial charge on any atom is 0.246 e. The zero-order valence-corrected chi connectivity index (χ0v) is 74.9. The quantitative estimate of drug-likeness (QED) is 0.0392. The Hall–Kier alpha value is -12.3. The van der Waals surface area contributed by atoms with Crippen molar-refractivity contribution in [2.45, 2.75) is 217 Å². The summed E-state index contributed by atoms with van der Waals surface area (Å²) in [5.74, 6) is -15.1. The predicted molar refractivity (Wildman–Crippen MR) is 475 cm³/mol. The highest BCUT2D eigenvalue weighted by Crippen LogP contribution is 2.26. The number of nitrogens with one attached hydrogen (secondary N) is 13. The number of aromatic nitrogens is 4. The second-order valence-electron chi connectivity index (χ2n) is 33.5. The number of benzene rings is 3. The average Bonchev–Trinajstić information content (AvgIpc) is 1.67. The molecule has 2 aliphatic rings. The summed E-state index contributed by atoms with van der Waals surface area (Å²) in [5.41, 5.74) is 14.7. The van der Waals surface area contributed by atoms with Crippen molar-refractivity contribution in [1.82, 2.24) is 97.6 Å². The Morgan fingerprint density at radius 3 is 1.72 bits per heavy atom. The Bertz CT molecular complexity index is 4810. The minimum absolute atomic E-state index is 0.00196. The molecule has 0 radical (unpaired) electrons. The Kier molecular flexibility index (Phi) is 38.2. The van der Waals surface area contributed by atoms with Gasteiger partial charge in [0.15, 0.2) is 0 Å². The molecule has 0 unspecified atom stereocenters. The summed E-state index contributed by atoms with van der Waals surface area (Å²) in [7, 11) is 5.89. The topological polar surface area (TPSA) is 542 Å². The number of likely N-dealkylation sites (N-methyl/N-ethyl adjacent to an activating group) is 4. The van der Waals surface area contributed by atoms with E-state index in [2.05, 4.69) is 73.1 Å². The van der Waals surface area contributed by atoms with Gasteiger partial charge in [-0.3, -0.25) is 81.6 Å². The van der Waals surface area contributed by atoms with Crippen molar-refractivity contribution in [2.75, 3.05) is 72.5 Å². The molecule has 0 spiro atoms. The van der Waals surface area contributed by atoms with Gasteiger partial charge in [-0.2, -0.15) is 0 Å². The van der Waals surface area contributed by atoms with Gasteiger partial charge in [-0.05, 0) is 86.7 Å². The number of imidazole rings is 1. The fraction of sp³-hybridized carbons (Fsp3) is 0.534. The van der Waals surface area contributed by atoms with Crippen LogP contribution in [0.15, 0.2) is 104 Å². The molecule has 0 aliphatic carbocycles. The summed E-state index contributed by atoms with van der Waals surface area (Å²) in [6.07, 6.45) is 8.07. The number of aliphatic hydroxyl groups is 1. The van der Waals surface area contributed by atoms with E-state index >= 15 is 19.2 Å². The highest BCUT2D eigenvalue weighted by molar-refractivity contribution is 8.00. The molecule has 3 aromatic heterocycles. The van der Waals surface area contributed by atoms with Crippen molar-refractivity contribution < 1.29 is 81.8 Å². The third-order valence-electron chi connectivity index (χ3n) is 22.8. The van der Waals surface area contributed by atoms with E-state index in [0.717, 1.165) is 37.4 Å². The molecule has 13 atom stereocenters. The molecular formula is C88H125N21O17S. The second kappa shape index (κ2) is 48.4. The van der Waals surface area contributed by atoms with Crippen LogP contribution in [0.5, 0.6) is 0 Å². The standard InChI is InChI=1S/C88H125N21O17S/c1-12-14-26-57-44-105(8)70(31-15-13-2)82(120)104-76(51(5)6)84(122)103-69(78(116)94-43-73(90)112)47-127-48-75(114)97-65(35-53-24-17-16-18-25-53)86(124)107(10)52(7)77(115)99-67(39-72(89)111)88(126)109-33-23-32-71(109)83(121)98-63(38-56-42-91-49-95-56)80(118)100-64(34-50(3)4)85(123)106(9)45-74(113)96-62(36-54-40-92-60-29-21-19-27-58(54)60)79(117)102-68(46-110)81(119)101-66(87(125)108(57)11)37-55-41-93-61-30-22-20-28-59(55)61/h16-22,24-25,27-30,40-42,49-52,57,62-71,76,92-93,110H,12-15,23,26,31-39,43-48H2,1-11H3,(H2,89,111)(H2,90,112)(H,91,95)(H,94,116)(H,96,113)(H,97,114)(H,98,121)(H,99,115)(H,100,118)(H,101,119)(H,102,117)(H,103,122)(H,104,120)/t52-,57-,62-,63-,64-,65-,66-,67-,68-,69-,70-,71-,76-/m0/s1. The molecule has 0 saturated carbocycles. The minimum Gasteiger partial charge on any atom is -0.394 e. The molecule has 18 N–H and O–H groups in total. The molecule has 3 aromatic carbocycles. The van der Waals surface area contributed by atoms with E-state index in [-0.39, 0.29) is 76.1 Å². The third kappa shape index (κ3) is 28.9. The van der Waals surface area contributed by atoms with E-state index in [9.17, 15) is 62.6 Å². The number of fused-ring (bicyclic) bond motifs is 3. The third-order valence-corrected chi connectivity index (χ3v) is 23.9. The summed E-state index contributed by atoms with van der Waals surface area (Å²) in [6.45, 7) is 9.83. The Labute approximate surface area is 742 Å². The van der Waals surface area contributed by atoms with Gasteiger partial charge >= 0.3 is 0 Å². The van der Waals surface area contributed by atoms with Gasteiger partial charge in [-0.1, -0.05) is 134 Å². The number of thioether (sulfide) groups is 1. The van der Waals surface area contributed by atoms with Crippen molar-refractivity contribution in [3.8, 4) is 0 Å². The van der Waals surface area contributed by atoms with Crippen LogP contribution in [0.3, 0.4) is 0 Å². The lowest BCUT2D eigenvalue weighted by molar-refractivity contribution is -0.145. The van der Waals surface area contributed by atoms with Crippen LogP contribution >= 0.6 is 11.8 Å². The minimum atomic E-state index is -1.76. The molecule has 2 saturated heterocycles. The predicted octanol–water partition coefficient (Wildman–Crippen LogP) is -0.272. The SMILES string of the molecule is CCCC[C@H]1CN(C)[C@@H](CCCC)C(=O)N[C@@H](C(C)C)C(=O)N[C@H](C(=O)NCC(N)=O)CSCC(=O)N[C@@H](Cc2ccccc2)C(=O)N(C)[C@@H](C)C(=O)N[C@@H](CC(N)=O)C(=O)N2CCC[C@H]2C(=O)N[C@@H](Cc2cnc[nH]2)C(=O)N[C@@H](CC(C)C)C(=O)N(C)CC(=O)N[C@@H](Cc2c[nH]c3ccccc23)C(=O)N[C@@H](CO)C(=O)N[C@@H](Cc2c[nH]c3ccccc23)C(=O)N1C. The zero-order valence-electron chi connectivity index (χ0n) is 74.0. The monoisotopic (exact) mass is 1780 g/mol. The van der Waals surface area contributed by atoms with Crippen LogP contribution in [-0.4, -0.2) is 295 Å². The largest absolute Gasteiger partial charge is 0.394 e. The number of para-hydroxylation sites is 2. The lowest BCUT2D eigenvalue weighted by atomic mass is 9.99. The van der Waals surface area contributed by atoms with E-state index in [0.29, 0.717) is 65.4 Å². The zero-order chi connectivity index (χ0) is 92.9. The lowest BCUT2D eigenvalue weighted by Crippen LogP contribution is -2.60. The average molecular weight is 1780 g/mol. The molecule has 39 heteroatoms. The second-order valence-corrected chi connectivity index (χ2v) is 34.5. The number of nitrogens with two attached hydrogens (primary N) is 2. The van der Waals surface area contributed by atoms with Gasteiger partial charge in [-0.15, -0.1) is 11.8 Å². The molecule has 2 fully saturated rings. The number of aromatic amines is 3. The summed E-state index contributed by atoms with van der Waals surface area (Å²) >= 11 is 0.864. The summed E-state index contributed by atoms with van der Waals surface area (Å²) in [6, 6.07) is 5.34. The van der Waals surface area contributed by atoms with Gasteiger partial charge in [0.1, 0.15) is 66.5 Å². The van der Waals surface area contributed by atoms with Crippen molar-refractivity contribution in [2.24, 2.45) is 23.3 Å². The molecule has 2 aliphatic heterocycles. The molecule has 6 aromatic rings. The molecule has 8 rings (SSSR count). The number of carbonyl (C=O) groups is 16. The van der Waals surface area contributed by atoms with Crippen LogP contribution in [0.1, 0.15) is 135 Å². The van der Waals surface area contributed by atoms with Crippen LogP contribution in [0.25, 0.3) is 21.8 Å². The fourth-order valence-corrected chi connectivity index (χ4v) is 16.5. The van der Waals surface area contributed by atoms with Gasteiger partial charge in [0, 0.05) is 118 Å². The van der Waals surface area contributed by atoms with Crippen LogP contribution in [0.2, 0.25) is 0 Å². The first kappa shape index (κ1) is 100. The molecule has 0 bridgehead atoms. The van der Waals surface area contributed by atoms with Crippen molar-refractivity contribution in [1.29, 1.82) is 0 Å². The van der Waals surface area contributed by atoms with Crippen LogP contribution < -0.4 is 64.6 Å². The maximum absolute atomic E-state index is 15.6. The fourth-order valence-electron chi connectivity index (χ4n) is 15.6. The van der Waals surface area contributed by atoms with Crippen molar-refractivity contribution in [3.05, 3.63) is 126 Å². The molecule has 16 amide bonds. The number of rotatable bonds is 23. The van der Waals surface area contributed by atoms with Gasteiger partial charge in [0.2, 0.25) is 94.5 Å². The number of nitrogens with zero attached hydrogens (tertiary/aromatic N) is 6. The highest BCUT2D eigenvalue weighted by Gasteiger charge is 2.43. The van der Waals surface area contributed by atoms with Crippen LogP contribution in [-0.2, 0) is 102 Å². The molecule has 5 heterocycles. The maximum atomic E-state index is 15.6. The first-order chi connectivity index (χ1) is 60.5. The molecule has 38 nitrogen and oxygen atoms in total. The van der Waals surface area contributed by atoms with E-state index in [1.54, 1.807) is 114 Å². The number of amides is 16. The van der Waals surface area contributed by atoms with Gasteiger partial charge < -0.3 is 104 Å². The highest BCUT2D eigenvalue weighted by atomic mass is 32.2. The Morgan fingerprint density at radius 1 is 0.567 bits per heavy atom. The van der Waals surface area contributed by atoms with Crippen molar-refractivity contribution >= 4 is 128 Å². The molecular weight excluding hydrogens is 1660 g/mol. The molecule has 690 valence electrons. The number of hydrogen-bond donors (Lipinski definition) is 16. The smallest absolute Gasteiger partial charge is 0.246 e. The normalized spacial score (nSPS) is 24.2.